The number of hydrogen-bond donors (Lipinski definition) is 1. The average molecular weight is 265 g/mol. The molecule has 0 heterocycles. The van der Waals surface area contributed by atoms with Gasteiger partial charge in [0, 0.05) is 13.2 Å². The lowest BCUT2D eigenvalue weighted by molar-refractivity contribution is -0.173. The van der Waals surface area contributed by atoms with Gasteiger partial charge in [-0.2, -0.15) is 13.2 Å². The summed E-state index contributed by atoms with van der Waals surface area (Å²) in [5.74, 6) is -0.369. The van der Waals surface area contributed by atoms with E-state index in [1.54, 1.807) is 19.1 Å². The first-order valence-corrected chi connectivity index (χ1v) is 5.53. The highest BCUT2D eigenvalue weighted by Gasteiger charge is 2.27. The Morgan fingerprint density at radius 3 is 2.61 bits per heavy atom. The van der Waals surface area contributed by atoms with Crippen molar-refractivity contribution in [1.82, 2.24) is 0 Å². The molecule has 1 aromatic carbocycles. The van der Waals surface area contributed by atoms with Crippen LogP contribution in [-0.2, 0) is 4.74 Å². The van der Waals surface area contributed by atoms with Crippen molar-refractivity contribution >= 4 is 5.69 Å². The third-order valence-corrected chi connectivity index (χ3v) is 2.25. The molecule has 6 heteroatoms. The summed E-state index contributed by atoms with van der Waals surface area (Å²) in [6.07, 6.45) is -3.92. The molecular weight excluding hydrogens is 250 g/mol. The molecule has 0 atom stereocenters. The minimum Gasteiger partial charge on any atom is -0.382 e. The quantitative estimate of drug-likeness (QED) is 0.627. The van der Waals surface area contributed by atoms with Crippen molar-refractivity contribution in [2.24, 2.45) is 0 Å². The minimum absolute atomic E-state index is 0.0139. The van der Waals surface area contributed by atoms with Crippen LogP contribution in [0.2, 0.25) is 0 Å². The molecule has 0 saturated carbocycles. The van der Waals surface area contributed by atoms with E-state index in [0.717, 1.165) is 5.56 Å². The maximum absolute atomic E-state index is 13.3. The Labute approximate surface area is 103 Å². The first-order chi connectivity index (χ1) is 8.40. The third kappa shape index (κ3) is 5.35. The van der Waals surface area contributed by atoms with Gasteiger partial charge in [-0.05, 0) is 25.0 Å². The Balaban J connectivity index is 2.22. The summed E-state index contributed by atoms with van der Waals surface area (Å²) in [5, 5.41) is 2.84. The van der Waals surface area contributed by atoms with Crippen LogP contribution in [-0.4, -0.2) is 25.9 Å². The number of anilines is 1. The van der Waals surface area contributed by atoms with Crippen LogP contribution in [0.15, 0.2) is 18.2 Å². The zero-order valence-corrected chi connectivity index (χ0v) is 9.98. The number of para-hydroxylation sites is 1. The Morgan fingerprint density at radius 1 is 1.28 bits per heavy atom. The van der Waals surface area contributed by atoms with E-state index < -0.39 is 12.8 Å². The van der Waals surface area contributed by atoms with E-state index in [9.17, 15) is 17.6 Å². The second-order valence-electron chi connectivity index (χ2n) is 3.88. The van der Waals surface area contributed by atoms with Crippen LogP contribution in [0.4, 0.5) is 23.2 Å². The zero-order chi connectivity index (χ0) is 13.6. The van der Waals surface area contributed by atoms with Crippen molar-refractivity contribution in [3.8, 4) is 0 Å². The molecule has 0 amide bonds. The van der Waals surface area contributed by atoms with Crippen molar-refractivity contribution in [3.05, 3.63) is 29.6 Å². The first-order valence-electron chi connectivity index (χ1n) is 5.53. The molecule has 102 valence electrons. The van der Waals surface area contributed by atoms with Gasteiger partial charge in [0.1, 0.15) is 12.4 Å². The molecular formula is C12H15F4NO. The van der Waals surface area contributed by atoms with Gasteiger partial charge >= 0.3 is 6.18 Å². The van der Waals surface area contributed by atoms with Crippen molar-refractivity contribution in [3.63, 3.8) is 0 Å². The molecule has 1 aromatic rings. The number of alkyl halides is 3. The summed E-state index contributed by atoms with van der Waals surface area (Å²) in [5.41, 5.74) is 1.14. The molecule has 0 bridgehead atoms. The minimum atomic E-state index is -4.30. The maximum Gasteiger partial charge on any atom is 0.411 e. The van der Waals surface area contributed by atoms with E-state index >= 15 is 0 Å². The van der Waals surface area contributed by atoms with E-state index in [0.29, 0.717) is 18.7 Å². The van der Waals surface area contributed by atoms with Gasteiger partial charge in [-0.15, -0.1) is 0 Å². The molecule has 0 fully saturated rings. The predicted octanol–water partition coefficient (Wildman–Crippen LogP) is 3.52. The monoisotopic (exact) mass is 265 g/mol. The van der Waals surface area contributed by atoms with Gasteiger partial charge in [-0.25, -0.2) is 4.39 Å². The van der Waals surface area contributed by atoms with Gasteiger partial charge in [0.2, 0.25) is 0 Å². The highest BCUT2D eigenvalue weighted by Crippen LogP contribution is 2.18. The molecule has 0 unspecified atom stereocenters. The van der Waals surface area contributed by atoms with E-state index in [-0.39, 0.29) is 12.4 Å². The van der Waals surface area contributed by atoms with E-state index in [4.69, 9.17) is 0 Å². The summed E-state index contributed by atoms with van der Waals surface area (Å²) in [4.78, 5) is 0. The van der Waals surface area contributed by atoms with Crippen molar-refractivity contribution in [2.45, 2.75) is 19.5 Å². The van der Waals surface area contributed by atoms with Gasteiger partial charge in [0.15, 0.2) is 0 Å². The zero-order valence-electron chi connectivity index (χ0n) is 9.98. The normalized spacial score (nSPS) is 11.6. The van der Waals surface area contributed by atoms with Crippen LogP contribution in [0, 0.1) is 12.7 Å². The van der Waals surface area contributed by atoms with E-state index in [1.807, 2.05) is 0 Å². The fraction of sp³-hybridized carbons (Fsp3) is 0.500. The molecule has 0 aliphatic carbocycles. The molecule has 0 aliphatic heterocycles. The molecule has 2 nitrogen and oxygen atoms in total. The molecule has 0 aliphatic rings. The van der Waals surface area contributed by atoms with E-state index in [2.05, 4.69) is 10.1 Å². The van der Waals surface area contributed by atoms with Crippen LogP contribution in [0.5, 0.6) is 0 Å². The lowest BCUT2D eigenvalue weighted by atomic mass is 10.2. The molecule has 0 saturated heterocycles. The standard InChI is InChI=1S/C12H15F4NO/c1-9-4-2-5-10(13)11(9)17-6-3-7-18-8-12(14,15)16/h2,4-5,17H,3,6-8H2,1H3. The van der Waals surface area contributed by atoms with Gasteiger partial charge in [0.05, 0.1) is 5.69 Å². The molecule has 1 rings (SSSR count). The number of hydrogen-bond acceptors (Lipinski definition) is 2. The van der Waals surface area contributed by atoms with Crippen molar-refractivity contribution in [1.29, 1.82) is 0 Å². The van der Waals surface area contributed by atoms with Crippen molar-refractivity contribution in [2.75, 3.05) is 25.1 Å². The molecule has 0 spiro atoms. The second-order valence-corrected chi connectivity index (χ2v) is 3.88. The number of benzene rings is 1. The molecule has 0 aromatic heterocycles. The van der Waals surface area contributed by atoms with Crippen LogP contribution >= 0.6 is 0 Å². The number of aryl methyl sites for hydroxylation is 1. The van der Waals surface area contributed by atoms with Crippen LogP contribution < -0.4 is 5.32 Å². The van der Waals surface area contributed by atoms with Crippen molar-refractivity contribution < 1.29 is 22.3 Å². The lowest BCUT2D eigenvalue weighted by Crippen LogP contribution is -2.18. The fourth-order valence-electron chi connectivity index (χ4n) is 1.43. The smallest absolute Gasteiger partial charge is 0.382 e. The molecule has 1 N–H and O–H groups in total. The molecule has 18 heavy (non-hydrogen) atoms. The highest BCUT2D eigenvalue weighted by atomic mass is 19.4. The fourth-order valence-corrected chi connectivity index (χ4v) is 1.43. The van der Waals surface area contributed by atoms with Crippen LogP contribution in [0.3, 0.4) is 0 Å². The number of nitrogens with one attached hydrogen (secondary N) is 1. The Morgan fingerprint density at radius 2 is 2.00 bits per heavy atom. The summed E-state index contributed by atoms with van der Waals surface area (Å²) in [7, 11) is 0. The summed E-state index contributed by atoms with van der Waals surface area (Å²) < 4.78 is 53.0. The number of halogens is 4. The van der Waals surface area contributed by atoms with Gasteiger partial charge in [0.25, 0.3) is 0 Å². The Bertz CT molecular complexity index is 359. The highest BCUT2D eigenvalue weighted by molar-refractivity contribution is 5.51. The third-order valence-electron chi connectivity index (χ3n) is 2.25. The number of ether oxygens (including phenoxy) is 1. The topological polar surface area (TPSA) is 21.3 Å². The molecule has 0 radical (unpaired) electrons. The SMILES string of the molecule is Cc1cccc(F)c1NCCCOCC(F)(F)F. The second kappa shape index (κ2) is 6.58. The van der Waals surface area contributed by atoms with E-state index in [1.165, 1.54) is 6.07 Å². The summed E-state index contributed by atoms with van der Waals surface area (Å²) in [6, 6.07) is 4.68. The summed E-state index contributed by atoms with van der Waals surface area (Å²) >= 11 is 0. The van der Waals surface area contributed by atoms with Gasteiger partial charge in [-0.3, -0.25) is 0 Å². The van der Waals surface area contributed by atoms with Gasteiger partial charge < -0.3 is 10.1 Å². The van der Waals surface area contributed by atoms with Gasteiger partial charge in [-0.1, -0.05) is 12.1 Å². The summed E-state index contributed by atoms with van der Waals surface area (Å²) in [6.45, 7) is 0.858. The maximum atomic E-state index is 13.3. The Kier molecular flexibility index (Phi) is 5.40. The predicted molar refractivity (Wildman–Crippen MR) is 61.1 cm³/mol. The lowest BCUT2D eigenvalue weighted by Gasteiger charge is -2.11. The van der Waals surface area contributed by atoms with Crippen LogP contribution in [0.25, 0.3) is 0 Å². The average Bonchev–Trinajstić information content (AvgIpc) is 2.25. The first kappa shape index (κ1) is 14.8. The largest absolute Gasteiger partial charge is 0.411 e. The number of rotatable bonds is 6. The van der Waals surface area contributed by atoms with Crippen LogP contribution in [0.1, 0.15) is 12.0 Å². The Hall–Kier alpha value is -1.30.